The molecule has 3 atom stereocenters. The molecule has 2 aromatic rings. The highest BCUT2D eigenvalue weighted by Crippen LogP contribution is 2.38. The van der Waals surface area contributed by atoms with Crippen LogP contribution in [0.25, 0.3) is 0 Å². The zero-order chi connectivity index (χ0) is 31.4. The van der Waals surface area contributed by atoms with Crippen LogP contribution in [-0.4, -0.2) is 48.3 Å². The van der Waals surface area contributed by atoms with Gasteiger partial charge in [-0.05, 0) is 56.1 Å². The highest BCUT2D eigenvalue weighted by Gasteiger charge is 2.33. The van der Waals surface area contributed by atoms with Gasteiger partial charge in [-0.3, -0.25) is 0 Å². The minimum absolute atomic E-state index is 0.0304. The van der Waals surface area contributed by atoms with Gasteiger partial charge in [0, 0.05) is 30.8 Å². The molecule has 0 aliphatic carbocycles. The molecule has 2 aromatic carbocycles. The molecule has 0 spiro atoms. The fourth-order valence-electron chi connectivity index (χ4n) is 5.91. The number of nitrogens with one attached hydrogen (secondary N) is 2. The third kappa shape index (κ3) is 13.3. The summed E-state index contributed by atoms with van der Waals surface area (Å²) in [5.74, 6) is 0. The average Bonchev–Trinajstić information content (AvgIpc) is 3.04. The number of anilines is 1. The number of benzene rings is 2. The van der Waals surface area contributed by atoms with Gasteiger partial charge < -0.3 is 30.1 Å². The van der Waals surface area contributed by atoms with Gasteiger partial charge in [0.2, 0.25) is 0 Å². The number of nitrogens with zero attached hydrogens (tertiary/aromatic N) is 1. The molecule has 44 heavy (non-hydrogen) atoms. The van der Waals surface area contributed by atoms with E-state index >= 15 is 0 Å². The smallest absolute Gasteiger partial charge is 0.319 e. The lowest BCUT2D eigenvalue weighted by Crippen LogP contribution is -2.40. The van der Waals surface area contributed by atoms with Crippen LogP contribution in [0.5, 0.6) is 0 Å². The molecule has 0 unspecified atom stereocenters. The number of carbonyl (C=O) groups excluding carboxylic acids is 1. The minimum Gasteiger partial charge on any atom is -0.392 e. The number of aliphatic hydroxyl groups excluding tert-OH is 1. The van der Waals surface area contributed by atoms with Crippen LogP contribution in [0.15, 0.2) is 48.5 Å². The fourth-order valence-corrected chi connectivity index (χ4v) is 5.91. The summed E-state index contributed by atoms with van der Waals surface area (Å²) in [6.07, 6.45) is 15.8. The van der Waals surface area contributed by atoms with E-state index in [-0.39, 0.29) is 24.8 Å². The second-order valence-corrected chi connectivity index (χ2v) is 12.3. The van der Waals surface area contributed by atoms with E-state index in [9.17, 15) is 9.90 Å². The van der Waals surface area contributed by atoms with Crippen molar-refractivity contribution in [1.82, 2.24) is 10.2 Å². The van der Waals surface area contributed by atoms with Gasteiger partial charge in [-0.2, -0.15) is 0 Å². The molecule has 1 aliphatic heterocycles. The first-order valence-corrected chi connectivity index (χ1v) is 17.4. The van der Waals surface area contributed by atoms with Crippen molar-refractivity contribution in [3.05, 3.63) is 65.2 Å². The van der Waals surface area contributed by atoms with E-state index in [4.69, 9.17) is 9.47 Å². The van der Waals surface area contributed by atoms with E-state index in [2.05, 4.69) is 41.5 Å². The number of unbranched alkanes of at least 4 members (excludes halogenated alkanes) is 10. The van der Waals surface area contributed by atoms with Gasteiger partial charge >= 0.3 is 6.03 Å². The zero-order valence-corrected chi connectivity index (χ0v) is 27.7. The standard InChI is InChI=1S/C37H59N3O4/c1-4-7-9-11-13-15-25-40(26-16-14-12-10-8-5-2)28-34-27-35(31-19-17-30(29-41)18-20-31)44-36(43-34)32-21-23-33(24-22-32)39-37(42)38-6-3/h17-24,34-36,41H,4-16,25-29H2,1-3H3,(H2,38,39,42)/t34-,35+,36+/m0/s1. The normalized spacial score (nSPS) is 18.4. The van der Waals surface area contributed by atoms with E-state index in [0.29, 0.717) is 6.54 Å². The van der Waals surface area contributed by atoms with Crippen LogP contribution in [0.4, 0.5) is 10.5 Å². The number of carbonyl (C=O) groups is 1. The molecule has 7 heteroatoms. The largest absolute Gasteiger partial charge is 0.392 e. The van der Waals surface area contributed by atoms with Gasteiger partial charge in [0.15, 0.2) is 6.29 Å². The quantitative estimate of drug-likeness (QED) is 0.123. The average molecular weight is 610 g/mol. The van der Waals surface area contributed by atoms with Crippen molar-refractivity contribution in [3.63, 3.8) is 0 Å². The van der Waals surface area contributed by atoms with Gasteiger partial charge in [-0.1, -0.05) is 114 Å². The molecule has 7 nitrogen and oxygen atoms in total. The van der Waals surface area contributed by atoms with Crippen LogP contribution in [0.1, 0.15) is 133 Å². The Labute approximate surface area is 267 Å². The molecule has 1 saturated heterocycles. The Balaban J connectivity index is 1.71. The van der Waals surface area contributed by atoms with E-state index in [0.717, 1.165) is 48.4 Å². The van der Waals surface area contributed by atoms with Crippen LogP contribution >= 0.6 is 0 Å². The molecule has 0 saturated carbocycles. The second kappa shape index (κ2) is 21.3. The van der Waals surface area contributed by atoms with Gasteiger partial charge in [0.1, 0.15) is 0 Å². The summed E-state index contributed by atoms with van der Waals surface area (Å²) < 4.78 is 13.2. The summed E-state index contributed by atoms with van der Waals surface area (Å²) in [6.45, 7) is 10.2. The van der Waals surface area contributed by atoms with Gasteiger partial charge in [0.05, 0.1) is 18.8 Å². The van der Waals surface area contributed by atoms with Gasteiger partial charge in [-0.25, -0.2) is 4.79 Å². The van der Waals surface area contributed by atoms with Crippen molar-refractivity contribution in [2.75, 3.05) is 31.5 Å². The third-order valence-electron chi connectivity index (χ3n) is 8.51. The lowest BCUT2D eigenvalue weighted by atomic mass is 9.99. The molecule has 0 radical (unpaired) electrons. The summed E-state index contributed by atoms with van der Waals surface area (Å²) in [7, 11) is 0. The Hall–Kier alpha value is -2.45. The Kier molecular flexibility index (Phi) is 17.5. The summed E-state index contributed by atoms with van der Waals surface area (Å²) in [5, 5.41) is 15.2. The second-order valence-electron chi connectivity index (χ2n) is 12.3. The number of hydrogen-bond donors (Lipinski definition) is 3. The highest BCUT2D eigenvalue weighted by molar-refractivity contribution is 5.89. The maximum Gasteiger partial charge on any atom is 0.319 e. The topological polar surface area (TPSA) is 83.1 Å². The number of urea groups is 1. The lowest BCUT2D eigenvalue weighted by Gasteiger charge is -2.38. The molecule has 1 aliphatic rings. The number of ether oxygens (including phenoxy) is 2. The van der Waals surface area contributed by atoms with Crippen molar-refractivity contribution < 1.29 is 19.4 Å². The first-order valence-electron chi connectivity index (χ1n) is 17.4. The molecule has 3 N–H and O–H groups in total. The van der Waals surface area contributed by atoms with Crippen molar-refractivity contribution in [1.29, 1.82) is 0 Å². The van der Waals surface area contributed by atoms with Crippen molar-refractivity contribution >= 4 is 11.7 Å². The Bertz CT molecular complexity index is 1010. The molecule has 246 valence electrons. The third-order valence-corrected chi connectivity index (χ3v) is 8.51. The Morgan fingerprint density at radius 2 is 1.34 bits per heavy atom. The highest BCUT2D eigenvalue weighted by atomic mass is 16.7. The molecule has 3 rings (SSSR count). The molecule has 2 amide bonds. The first kappa shape index (κ1) is 36.0. The molecule has 0 bridgehead atoms. The predicted molar refractivity (Wildman–Crippen MR) is 181 cm³/mol. The summed E-state index contributed by atoms with van der Waals surface area (Å²) in [4.78, 5) is 14.6. The molecule has 1 fully saturated rings. The van der Waals surface area contributed by atoms with Crippen LogP contribution in [0, 0.1) is 0 Å². The maximum absolute atomic E-state index is 12.0. The summed E-state index contributed by atoms with van der Waals surface area (Å²) in [5.41, 5.74) is 3.67. The van der Waals surface area contributed by atoms with E-state index in [1.807, 2.05) is 43.3 Å². The summed E-state index contributed by atoms with van der Waals surface area (Å²) >= 11 is 0. The molecule has 1 heterocycles. The van der Waals surface area contributed by atoms with Crippen molar-refractivity contribution in [3.8, 4) is 0 Å². The number of hydrogen-bond acceptors (Lipinski definition) is 5. The Morgan fingerprint density at radius 1 is 0.773 bits per heavy atom. The van der Waals surface area contributed by atoms with Crippen molar-refractivity contribution in [2.24, 2.45) is 0 Å². The number of amides is 2. The zero-order valence-electron chi connectivity index (χ0n) is 27.7. The van der Waals surface area contributed by atoms with E-state index < -0.39 is 6.29 Å². The van der Waals surface area contributed by atoms with E-state index in [1.165, 1.54) is 77.0 Å². The first-order chi connectivity index (χ1) is 21.6. The van der Waals surface area contributed by atoms with Crippen LogP contribution in [0.3, 0.4) is 0 Å². The predicted octanol–water partition coefficient (Wildman–Crippen LogP) is 8.89. The molecular formula is C37H59N3O4. The van der Waals surface area contributed by atoms with Crippen LogP contribution in [-0.2, 0) is 16.1 Å². The van der Waals surface area contributed by atoms with E-state index in [1.54, 1.807) is 0 Å². The van der Waals surface area contributed by atoms with Crippen LogP contribution in [0.2, 0.25) is 0 Å². The molecular weight excluding hydrogens is 550 g/mol. The lowest BCUT2D eigenvalue weighted by molar-refractivity contribution is -0.253. The Morgan fingerprint density at radius 3 is 1.91 bits per heavy atom. The number of rotatable bonds is 21. The van der Waals surface area contributed by atoms with Gasteiger partial charge in [0.25, 0.3) is 0 Å². The SMILES string of the molecule is CCCCCCCCN(CCCCCCCC)C[C@@H]1C[C@H](c2ccc(CO)cc2)O[C@H](c2ccc(NC(=O)NCC)cc2)O1. The minimum atomic E-state index is -0.500. The monoisotopic (exact) mass is 609 g/mol. The van der Waals surface area contributed by atoms with Crippen LogP contribution < -0.4 is 10.6 Å². The maximum atomic E-state index is 12.0. The molecule has 0 aromatic heterocycles. The fraction of sp³-hybridized carbons (Fsp3) is 0.649. The number of aliphatic hydroxyl groups is 1. The van der Waals surface area contributed by atoms with Crippen molar-refractivity contribution in [2.45, 2.75) is 129 Å². The van der Waals surface area contributed by atoms with Gasteiger partial charge in [-0.15, -0.1) is 0 Å². The summed E-state index contributed by atoms with van der Waals surface area (Å²) in [6, 6.07) is 15.6.